The molecule has 2 rings (SSSR count). The maximum Gasteiger partial charge on any atom is 1.00 e. The van der Waals surface area contributed by atoms with Crippen LogP contribution >= 0.6 is 0 Å². The fraction of sp³-hybridized carbons (Fsp3) is 0.333. The molecule has 0 saturated carbocycles. The van der Waals surface area contributed by atoms with Crippen molar-refractivity contribution in [3.63, 3.8) is 0 Å². The van der Waals surface area contributed by atoms with Crippen molar-refractivity contribution in [2.75, 3.05) is 0 Å². The van der Waals surface area contributed by atoms with Gasteiger partial charge in [-0.2, -0.15) is 8.42 Å². The summed E-state index contributed by atoms with van der Waals surface area (Å²) >= 11 is 0. The molecule has 25 heavy (non-hydrogen) atoms. The van der Waals surface area contributed by atoms with Crippen molar-refractivity contribution in [1.82, 2.24) is 0 Å². The molecule has 2 aromatic carbocycles. The zero-order valence-corrected chi connectivity index (χ0v) is 17.4. The summed E-state index contributed by atoms with van der Waals surface area (Å²) in [7, 11) is -4.28. The molecule has 0 atom stereocenters. The molecule has 0 aliphatic carbocycles. The molecule has 0 aliphatic heterocycles. The number of benzene rings is 2. The van der Waals surface area contributed by atoms with Crippen LogP contribution in [0.3, 0.4) is 0 Å². The minimum Gasteiger partial charge on any atom is -0.872 e. The van der Waals surface area contributed by atoms with E-state index in [1.54, 1.807) is 18.2 Å². The first kappa shape index (κ1) is 22.0. The molecule has 0 aliphatic rings. The van der Waals surface area contributed by atoms with Crippen LogP contribution in [-0.4, -0.2) is 13.0 Å². The van der Waals surface area contributed by atoms with Crippen LogP contribution in [-0.2, 0) is 16.5 Å². The Balaban J connectivity index is 0.00000312. The third-order valence-electron chi connectivity index (χ3n) is 3.65. The first-order valence-corrected chi connectivity index (χ1v) is 9.39. The molecular formula is C18H21NaO5S. The van der Waals surface area contributed by atoms with Gasteiger partial charge in [0.25, 0.3) is 10.1 Å². The fourth-order valence-corrected chi connectivity index (χ4v) is 3.21. The summed E-state index contributed by atoms with van der Waals surface area (Å²) in [5.74, 6) is 0.652. The fourth-order valence-electron chi connectivity index (χ4n) is 2.48. The summed E-state index contributed by atoms with van der Waals surface area (Å²) in [6, 6.07) is 10.4. The summed E-state index contributed by atoms with van der Waals surface area (Å²) in [6.45, 7) is 2.10. The van der Waals surface area contributed by atoms with Crippen molar-refractivity contribution in [3.8, 4) is 17.2 Å². The summed E-state index contributed by atoms with van der Waals surface area (Å²) in [5.41, 5.74) is 0.518. The molecule has 0 fully saturated rings. The molecule has 2 aromatic rings. The van der Waals surface area contributed by atoms with E-state index in [1.807, 2.05) is 0 Å². The Bertz CT molecular complexity index is 790. The van der Waals surface area contributed by atoms with E-state index in [4.69, 9.17) is 4.74 Å². The van der Waals surface area contributed by atoms with Crippen LogP contribution in [0.2, 0.25) is 0 Å². The van der Waals surface area contributed by atoms with Crippen molar-refractivity contribution < 1.29 is 52.4 Å². The minimum atomic E-state index is -4.28. The largest absolute Gasteiger partial charge is 1.00 e. The second-order valence-electron chi connectivity index (χ2n) is 5.63. The molecule has 0 radical (unpaired) electrons. The number of hydrogen-bond donors (Lipinski definition) is 1. The molecule has 1 N–H and O–H groups in total. The van der Waals surface area contributed by atoms with E-state index in [1.165, 1.54) is 24.3 Å². The molecule has 130 valence electrons. The molecule has 0 saturated heterocycles. The van der Waals surface area contributed by atoms with Crippen LogP contribution in [0.15, 0.2) is 47.4 Å². The third kappa shape index (κ3) is 6.99. The van der Waals surface area contributed by atoms with E-state index < -0.39 is 10.1 Å². The van der Waals surface area contributed by atoms with Gasteiger partial charge in [-0.05, 0) is 48.7 Å². The van der Waals surface area contributed by atoms with Crippen molar-refractivity contribution >= 4 is 10.1 Å². The zero-order valence-electron chi connectivity index (χ0n) is 14.6. The first-order valence-electron chi connectivity index (χ1n) is 7.95. The zero-order chi connectivity index (χ0) is 17.6. The van der Waals surface area contributed by atoms with Gasteiger partial charge in [-0.15, -0.1) is 5.75 Å². The standard InChI is InChI=1S/C18H22O5S.Na/c1-2-3-4-5-7-14-12-17(10-11-18(14)24(20,21)22)23-16-9-6-8-15(19)13-16;/h6,8-13,19H,2-5,7H2,1H3,(H,20,21,22);/q;+1/p-1. The molecular weight excluding hydrogens is 351 g/mol. The van der Waals surface area contributed by atoms with E-state index >= 15 is 0 Å². The Morgan fingerprint density at radius 3 is 2.40 bits per heavy atom. The molecule has 0 aromatic heterocycles. The topological polar surface area (TPSA) is 86.7 Å². The minimum absolute atomic E-state index is 0. The van der Waals surface area contributed by atoms with Gasteiger partial charge in [-0.3, -0.25) is 4.55 Å². The van der Waals surface area contributed by atoms with Crippen molar-refractivity contribution in [1.29, 1.82) is 0 Å². The molecule has 0 heterocycles. The number of ether oxygens (including phenoxy) is 1. The van der Waals surface area contributed by atoms with Gasteiger partial charge in [0.1, 0.15) is 11.5 Å². The summed E-state index contributed by atoms with van der Waals surface area (Å²) < 4.78 is 38.1. The maximum absolute atomic E-state index is 11.5. The number of aryl methyl sites for hydroxylation is 1. The van der Waals surface area contributed by atoms with E-state index in [2.05, 4.69) is 6.92 Å². The summed E-state index contributed by atoms with van der Waals surface area (Å²) in [5, 5.41) is 11.3. The summed E-state index contributed by atoms with van der Waals surface area (Å²) in [6.07, 6.45) is 4.52. The third-order valence-corrected chi connectivity index (χ3v) is 4.60. The second-order valence-corrected chi connectivity index (χ2v) is 7.02. The monoisotopic (exact) mass is 372 g/mol. The van der Waals surface area contributed by atoms with Crippen LogP contribution in [0, 0.1) is 0 Å². The van der Waals surface area contributed by atoms with Gasteiger partial charge in [-0.25, -0.2) is 0 Å². The van der Waals surface area contributed by atoms with Gasteiger partial charge in [0.15, 0.2) is 0 Å². The van der Waals surface area contributed by atoms with Crippen molar-refractivity contribution in [2.24, 2.45) is 0 Å². The van der Waals surface area contributed by atoms with E-state index in [0.717, 1.165) is 25.7 Å². The van der Waals surface area contributed by atoms with Crippen LogP contribution in [0.25, 0.3) is 0 Å². The smallest absolute Gasteiger partial charge is 0.872 e. The Kier molecular flexibility index (Phi) is 8.96. The van der Waals surface area contributed by atoms with Crippen LogP contribution in [0.1, 0.15) is 38.2 Å². The Labute approximate surface area is 171 Å². The molecule has 0 unspecified atom stereocenters. The maximum atomic E-state index is 11.5. The van der Waals surface area contributed by atoms with E-state index in [0.29, 0.717) is 23.5 Å². The first-order chi connectivity index (χ1) is 11.4. The molecule has 5 nitrogen and oxygen atoms in total. The van der Waals surface area contributed by atoms with Gasteiger partial charge in [0, 0.05) is 0 Å². The van der Waals surface area contributed by atoms with Crippen molar-refractivity contribution in [2.45, 2.75) is 43.9 Å². The summed E-state index contributed by atoms with van der Waals surface area (Å²) in [4.78, 5) is -0.0936. The Morgan fingerprint density at radius 1 is 1.04 bits per heavy atom. The molecule has 7 heteroatoms. The number of rotatable bonds is 8. The Hall–Kier alpha value is -1.05. The van der Waals surface area contributed by atoms with Crippen LogP contribution < -0.4 is 39.4 Å². The van der Waals surface area contributed by atoms with Crippen LogP contribution in [0.4, 0.5) is 0 Å². The van der Waals surface area contributed by atoms with Gasteiger partial charge in [-0.1, -0.05) is 38.3 Å². The van der Waals surface area contributed by atoms with E-state index in [-0.39, 0.29) is 40.2 Å². The number of unbranched alkanes of at least 4 members (excludes halogenated alkanes) is 3. The second kappa shape index (κ2) is 10.2. The molecule has 0 amide bonds. The Morgan fingerprint density at radius 2 is 1.76 bits per heavy atom. The molecule has 0 spiro atoms. The normalized spacial score (nSPS) is 11.0. The van der Waals surface area contributed by atoms with Gasteiger partial charge in [0.05, 0.1) is 4.90 Å². The quantitative estimate of drug-likeness (QED) is 0.423. The average Bonchev–Trinajstić information content (AvgIpc) is 2.51. The average molecular weight is 372 g/mol. The van der Waals surface area contributed by atoms with Crippen LogP contribution in [0.5, 0.6) is 17.2 Å². The van der Waals surface area contributed by atoms with Gasteiger partial charge >= 0.3 is 29.6 Å². The van der Waals surface area contributed by atoms with E-state index in [9.17, 15) is 18.1 Å². The SMILES string of the molecule is CCCCCCc1cc(Oc2cccc([O-])c2)ccc1S(=O)(=O)O.[Na+]. The van der Waals surface area contributed by atoms with Gasteiger partial charge < -0.3 is 9.84 Å². The predicted molar refractivity (Wildman–Crippen MR) is 90.1 cm³/mol. The number of hydrogen-bond acceptors (Lipinski definition) is 4. The molecule has 0 bridgehead atoms. The van der Waals surface area contributed by atoms with Gasteiger partial charge in [0.2, 0.25) is 0 Å². The predicted octanol–water partition coefficient (Wildman–Crippen LogP) is 0.926. The van der Waals surface area contributed by atoms with Crippen molar-refractivity contribution in [3.05, 3.63) is 48.0 Å².